The molecular formula is C19H19FN4O. The van der Waals surface area contributed by atoms with Crippen molar-refractivity contribution in [2.45, 2.75) is 6.92 Å². The maximum absolute atomic E-state index is 13.9. The number of hydrogen-bond acceptors (Lipinski definition) is 3. The summed E-state index contributed by atoms with van der Waals surface area (Å²) in [5, 5.41) is 0. The van der Waals surface area contributed by atoms with Crippen LogP contribution in [0.2, 0.25) is 0 Å². The lowest BCUT2D eigenvalue weighted by Gasteiger charge is -2.36. The van der Waals surface area contributed by atoms with Crippen LogP contribution in [0.15, 0.2) is 48.7 Å². The number of imidazole rings is 1. The number of para-hydroxylation sites is 1. The summed E-state index contributed by atoms with van der Waals surface area (Å²) in [6.07, 6.45) is 1.91. The van der Waals surface area contributed by atoms with Crippen molar-refractivity contribution in [1.29, 1.82) is 0 Å². The van der Waals surface area contributed by atoms with Gasteiger partial charge in [-0.1, -0.05) is 18.2 Å². The Kier molecular flexibility index (Phi) is 3.87. The quantitative estimate of drug-likeness (QED) is 0.721. The minimum atomic E-state index is -0.224. The van der Waals surface area contributed by atoms with Gasteiger partial charge in [0, 0.05) is 32.4 Å². The molecule has 1 aliphatic heterocycles. The van der Waals surface area contributed by atoms with Crippen molar-refractivity contribution in [2.24, 2.45) is 0 Å². The lowest BCUT2D eigenvalue weighted by Crippen LogP contribution is -2.49. The molecule has 0 unspecified atom stereocenters. The number of carbonyl (C=O) groups excluding carboxylic acids is 1. The highest BCUT2D eigenvalue weighted by Crippen LogP contribution is 2.21. The van der Waals surface area contributed by atoms with Gasteiger partial charge in [0.1, 0.15) is 11.6 Å². The van der Waals surface area contributed by atoms with Gasteiger partial charge in [0.05, 0.1) is 11.2 Å². The van der Waals surface area contributed by atoms with Crippen LogP contribution in [-0.2, 0) is 0 Å². The second-order valence-electron chi connectivity index (χ2n) is 6.19. The summed E-state index contributed by atoms with van der Waals surface area (Å²) >= 11 is 0. The fourth-order valence-electron chi connectivity index (χ4n) is 3.36. The molecule has 4 rings (SSSR count). The van der Waals surface area contributed by atoms with Gasteiger partial charge in [-0.2, -0.15) is 0 Å². The number of nitrogens with zero attached hydrogens (tertiary/aromatic N) is 4. The van der Waals surface area contributed by atoms with Crippen molar-refractivity contribution >= 4 is 17.1 Å². The summed E-state index contributed by atoms with van der Waals surface area (Å²) in [7, 11) is 0. The van der Waals surface area contributed by atoms with Gasteiger partial charge in [-0.25, -0.2) is 9.37 Å². The molecule has 0 N–H and O–H groups in total. The molecule has 1 saturated heterocycles. The highest BCUT2D eigenvalue weighted by molar-refractivity contribution is 5.99. The predicted octanol–water partition coefficient (Wildman–Crippen LogP) is 2.74. The van der Waals surface area contributed by atoms with Gasteiger partial charge in [0.2, 0.25) is 0 Å². The molecule has 2 aromatic heterocycles. The summed E-state index contributed by atoms with van der Waals surface area (Å²) < 4.78 is 15.9. The molecule has 3 aromatic rings. The van der Waals surface area contributed by atoms with Crippen LogP contribution < -0.4 is 4.90 Å². The Bertz CT molecular complexity index is 928. The number of pyridine rings is 1. The summed E-state index contributed by atoms with van der Waals surface area (Å²) in [5.41, 5.74) is 1.90. The number of anilines is 1. The number of amides is 1. The molecule has 0 saturated carbocycles. The zero-order valence-corrected chi connectivity index (χ0v) is 14.0. The van der Waals surface area contributed by atoms with Crippen LogP contribution in [0.3, 0.4) is 0 Å². The van der Waals surface area contributed by atoms with E-state index in [4.69, 9.17) is 0 Å². The molecule has 1 aliphatic rings. The van der Waals surface area contributed by atoms with E-state index in [9.17, 15) is 9.18 Å². The maximum Gasteiger partial charge on any atom is 0.274 e. The first kappa shape index (κ1) is 15.6. The van der Waals surface area contributed by atoms with Crippen LogP contribution in [0.25, 0.3) is 5.52 Å². The Morgan fingerprint density at radius 1 is 1.04 bits per heavy atom. The smallest absolute Gasteiger partial charge is 0.274 e. The average molecular weight is 338 g/mol. The molecule has 6 heteroatoms. The number of carbonyl (C=O) groups is 1. The normalized spacial score (nSPS) is 15.0. The van der Waals surface area contributed by atoms with Gasteiger partial charge < -0.3 is 14.2 Å². The minimum Gasteiger partial charge on any atom is -0.366 e. The largest absolute Gasteiger partial charge is 0.366 e. The standard InChI is InChI=1S/C19H19FN4O/c1-14-21-18(17-8-4-5-9-24(14)17)19(25)23-12-10-22(11-13-23)16-7-3-2-6-15(16)20/h2-9H,10-13H2,1H3. The second kappa shape index (κ2) is 6.20. The molecular weight excluding hydrogens is 319 g/mol. The van der Waals surface area contributed by atoms with Crippen LogP contribution in [0.1, 0.15) is 16.3 Å². The van der Waals surface area contributed by atoms with E-state index in [2.05, 4.69) is 4.98 Å². The number of aromatic nitrogens is 2. The van der Waals surface area contributed by atoms with E-state index >= 15 is 0 Å². The number of benzene rings is 1. The number of hydrogen-bond donors (Lipinski definition) is 0. The molecule has 0 atom stereocenters. The molecule has 1 amide bonds. The van der Waals surface area contributed by atoms with Crippen LogP contribution >= 0.6 is 0 Å². The molecule has 0 radical (unpaired) electrons. The van der Waals surface area contributed by atoms with E-state index in [0.29, 0.717) is 37.6 Å². The van der Waals surface area contributed by atoms with Crippen molar-refractivity contribution in [3.63, 3.8) is 0 Å². The van der Waals surface area contributed by atoms with Gasteiger partial charge in [-0.15, -0.1) is 0 Å². The van der Waals surface area contributed by atoms with Crippen molar-refractivity contribution in [2.75, 3.05) is 31.1 Å². The van der Waals surface area contributed by atoms with Crippen LogP contribution in [0.4, 0.5) is 10.1 Å². The Balaban J connectivity index is 1.52. The third kappa shape index (κ3) is 2.73. The van der Waals surface area contributed by atoms with E-state index < -0.39 is 0 Å². The number of rotatable bonds is 2. The third-order valence-electron chi connectivity index (χ3n) is 4.69. The summed E-state index contributed by atoms with van der Waals surface area (Å²) in [5.74, 6) is 0.506. The lowest BCUT2D eigenvalue weighted by molar-refractivity contribution is 0.0743. The van der Waals surface area contributed by atoms with E-state index in [1.54, 1.807) is 17.0 Å². The zero-order valence-electron chi connectivity index (χ0n) is 14.0. The topological polar surface area (TPSA) is 40.9 Å². The van der Waals surface area contributed by atoms with Gasteiger partial charge in [-0.05, 0) is 31.2 Å². The average Bonchev–Trinajstić information content (AvgIpc) is 2.99. The molecule has 1 fully saturated rings. The first-order valence-electron chi connectivity index (χ1n) is 8.37. The minimum absolute atomic E-state index is 0.0648. The van der Waals surface area contributed by atoms with Gasteiger partial charge in [0.15, 0.2) is 5.69 Å². The first-order valence-corrected chi connectivity index (χ1v) is 8.37. The third-order valence-corrected chi connectivity index (χ3v) is 4.69. The number of aryl methyl sites for hydroxylation is 1. The zero-order chi connectivity index (χ0) is 17.4. The molecule has 128 valence electrons. The highest BCUT2D eigenvalue weighted by atomic mass is 19.1. The number of piperazine rings is 1. The molecule has 25 heavy (non-hydrogen) atoms. The van der Waals surface area contributed by atoms with Gasteiger partial charge >= 0.3 is 0 Å². The van der Waals surface area contributed by atoms with Gasteiger partial charge in [-0.3, -0.25) is 4.79 Å². The molecule has 0 aliphatic carbocycles. The fourth-order valence-corrected chi connectivity index (χ4v) is 3.36. The molecule has 5 nitrogen and oxygen atoms in total. The Labute approximate surface area is 145 Å². The first-order chi connectivity index (χ1) is 12.1. The van der Waals surface area contributed by atoms with E-state index in [0.717, 1.165) is 11.3 Å². The molecule has 0 spiro atoms. The van der Waals surface area contributed by atoms with Crippen LogP contribution in [0, 0.1) is 12.7 Å². The number of fused-ring (bicyclic) bond motifs is 1. The highest BCUT2D eigenvalue weighted by Gasteiger charge is 2.26. The lowest BCUT2D eigenvalue weighted by atomic mass is 10.2. The van der Waals surface area contributed by atoms with Crippen LogP contribution in [0.5, 0.6) is 0 Å². The molecule has 3 heterocycles. The van der Waals surface area contributed by atoms with Gasteiger partial charge in [0.25, 0.3) is 5.91 Å². The van der Waals surface area contributed by atoms with E-state index in [-0.39, 0.29) is 11.7 Å². The van der Waals surface area contributed by atoms with E-state index in [1.807, 2.05) is 46.7 Å². The van der Waals surface area contributed by atoms with Crippen molar-refractivity contribution < 1.29 is 9.18 Å². The van der Waals surface area contributed by atoms with Crippen LogP contribution in [-0.4, -0.2) is 46.4 Å². The predicted molar refractivity (Wildman–Crippen MR) is 94.4 cm³/mol. The van der Waals surface area contributed by atoms with E-state index in [1.165, 1.54) is 6.07 Å². The second-order valence-corrected chi connectivity index (χ2v) is 6.19. The van der Waals surface area contributed by atoms with Crippen molar-refractivity contribution in [3.05, 3.63) is 66.0 Å². The molecule has 1 aromatic carbocycles. The van der Waals surface area contributed by atoms with Crippen molar-refractivity contribution in [3.8, 4) is 0 Å². The maximum atomic E-state index is 13.9. The summed E-state index contributed by atoms with van der Waals surface area (Å²) in [4.78, 5) is 21.1. The Morgan fingerprint density at radius 2 is 1.76 bits per heavy atom. The summed E-state index contributed by atoms with van der Waals surface area (Å²) in [6, 6.07) is 12.5. The fraction of sp³-hybridized carbons (Fsp3) is 0.263. The Hall–Kier alpha value is -2.89. The van der Waals surface area contributed by atoms with Crippen molar-refractivity contribution in [1.82, 2.24) is 14.3 Å². The number of halogens is 1. The monoisotopic (exact) mass is 338 g/mol. The SMILES string of the molecule is Cc1nc(C(=O)N2CCN(c3ccccc3F)CC2)c2ccccn12. The Morgan fingerprint density at radius 3 is 2.52 bits per heavy atom. The molecule has 0 bridgehead atoms. The summed E-state index contributed by atoms with van der Waals surface area (Å²) in [6.45, 7) is 4.21.